The van der Waals surface area contributed by atoms with E-state index >= 15 is 0 Å². The van der Waals surface area contributed by atoms with Crippen molar-refractivity contribution < 1.29 is 0 Å². The first-order valence-corrected chi connectivity index (χ1v) is 7.86. The van der Waals surface area contributed by atoms with Crippen LogP contribution in [0.5, 0.6) is 0 Å². The van der Waals surface area contributed by atoms with Crippen LogP contribution in [0.15, 0.2) is 28.2 Å². The number of nitrogens with one attached hydrogen (secondary N) is 2. The maximum Gasteiger partial charge on any atom is 0.270 e. The van der Waals surface area contributed by atoms with Crippen LogP contribution in [-0.4, -0.2) is 22.8 Å². The Labute approximate surface area is 126 Å². The summed E-state index contributed by atoms with van der Waals surface area (Å²) in [4.78, 5) is 19.0. The normalized spacial score (nSPS) is 13.5. The summed E-state index contributed by atoms with van der Waals surface area (Å²) in [6.45, 7) is 1.81. The minimum Gasteiger partial charge on any atom is -0.312 e. The minimum absolute atomic E-state index is 0.0710. The van der Waals surface area contributed by atoms with Crippen molar-refractivity contribution in [2.75, 3.05) is 12.8 Å². The summed E-state index contributed by atoms with van der Waals surface area (Å²) in [7, 11) is 0. The Bertz CT molecular complexity index is 791. The molecule has 0 unspecified atom stereocenters. The van der Waals surface area contributed by atoms with Crippen molar-refractivity contribution in [1.29, 1.82) is 5.26 Å². The molecule has 2 aromatic rings. The van der Waals surface area contributed by atoms with Crippen LogP contribution in [0.1, 0.15) is 16.7 Å². The third kappa shape index (κ3) is 2.58. The highest BCUT2D eigenvalue weighted by molar-refractivity contribution is 7.98. The monoisotopic (exact) mass is 298 g/mol. The van der Waals surface area contributed by atoms with E-state index in [0.717, 1.165) is 25.1 Å². The van der Waals surface area contributed by atoms with Gasteiger partial charge in [0.1, 0.15) is 11.6 Å². The second-order valence-corrected chi connectivity index (χ2v) is 5.62. The fourth-order valence-corrected chi connectivity index (χ4v) is 2.86. The third-order valence-electron chi connectivity index (χ3n) is 3.57. The molecule has 0 aliphatic carbocycles. The summed E-state index contributed by atoms with van der Waals surface area (Å²) < 4.78 is 0. The van der Waals surface area contributed by atoms with Gasteiger partial charge in [0.05, 0.1) is 5.69 Å². The molecule has 1 aliphatic heterocycles. The van der Waals surface area contributed by atoms with Gasteiger partial charge in [0.2, 0.25) is 0 Å². The number of nitrogens with zero attached hydrogens (tertiary/aromatic N) is 2. The van der Waals surface area contributed by atoms with Crippen LogP contribution in [-0.2, 0) is 13.0 Å². The molecule has 0 spiro atoms. The lowest BCUT2D eigenvalue weighted by molar-refractivity contribution is 0.644. The quantitative estimate of drug-likeness (QED) is 0.651. The van der Waals surface area contributed by atoms with E-state index < -0.39 is 0 Å². The molecular formula is C15H14N4OS. The van der Waals surface area contributed by atoms with Gasteiger partial charge in [-0.15, -0.1) is 0 Å². The van der Waals surface area contributed by atoms with Crippen LogP contribution in [0, 0.1) is 11.3 Å². The van der Waals surface area contributed by atoms with Gasteiger partial charge in [-0.25, -0.2) is 4.98 Å². The van der Waals surface area contributed by atoms with Crippen molar-refractivity contribution in [3.05, 3.63) is 45.2 Å². The van der Waals surface area contributed by atoms with Gasteiger partial charge in [0.25, 0.3) is 5.56 Å². The first-order chi connectivity index (χ1) is 10.2. The number of rotatable bonds is 2. The summed E-state index contributed by atoms with van der Waals surface area (Å²) in [5.74, 6) is 0. The minimum atomic E-state index is -0.383. The van der Waals surface area contributed by atoms with E-state index in [-0.39, 0.29) is 11.1 Å². The highest BCUT2D eigenvalue weighted by Gasteiger charge is 2.15. The largest absolute Gasteiger partial charge is 0.312 e. The fourth-order valence-electron chi connectivity index (χ4n) is 2.49. The van der Waals surface area contributed by atoms with Crippen molar-refractivity contribution in [3.63, 3.8) is 0 Å². The summed E-state index contributed by atoms with van der Waals surface area (Å²) >= 11 is 1.35. The molecule has 2 heterocycles. The molecule has 0 atom stereocenters. The number of hydrogen-bond donors (Lipinski definition) is 2. The summed E-state index contributed by atoms with van der Waals surface area (Å²) in [6, 6.07) is 7.98. The van der Waals surface area contributed by atoms with Gasteiger partial charge >= 0.3 is 0 Å². The number of fused-ring (bicyclic) bond motifs is 1. The lowest BCUT2D eigenvalue weighted by Crippen LogP contribution is -2.23. The molecule has 1 aromatic carbocycles. The van der Waals surface area contributed by atoms with Crippen LogP contribution in [0.25, 0.3) is 11.3 Å². The van der Waals surface area contributed by atoms with E-state index in [2.05, 4.69) is 15.3 Å². The highest BCUT2D eigenvalue weighted by atomic mass is 32.2. The van der Waals surface area contributed by atoms with Gasteiger partial charge in [-0.05, 0) is 36.4 Å². The Kier molecular flexibility index (Phi) is 3.78. The van der Waals surface area contributed by atoms with Crippen molar-refractivity contribution in [2.24, 2.45) is 0 Å². The number of nitriles is 1. The standard InChI is InChI=1S/C15H14N4OS/c1-21-15-18-13(12(7-16)14(20)19-15)10-2-3-11-8-17-5-4-9(11)6-10/h2-3,6,17H,4-5,8H2,1H3,(H,18,19,20). The van der Waals surface area contributed by atoms with Gasteiger partial charge in [0.15, 0.2) is 5.16 Å². The van der Waals surface area contributed by atoms with Gasteiger partial charge < -0.3 is 10.3 Å². The zero-order valence-corrected chi connectivity index (χ0v) is 12.4. The Morgan fingerprint density at radius 1 is 1.38 bits per heavy atom. The molecule has 0 amide bonds. The number of hydrogen-bond acceptors (Lipinski definition) is 5. The highest BCUT2D eigenvalue weighted by Crippen LogP contribution is 2.25. The molecule has 3 rings (SSSR count). The Hall–Kier alpha value is -2.10. The summed E-state index contributed by atoms with van der Waals surface area (Å²) in [5, 5.41) is 13.1. The number of aromatic amines is 1. The lowest BCUT2D eigenvalue weighted by Gasteiger charge is -2.18. The van der Waals surface area contributed by atoms with E-state index in [4.69, 9.17) is 0 Å². The molecule has 6 heteroatoms. The SMILES string of the molecule is CSc1nc(-c2ccc3c(c2)CCNC3)c(C#N)c(=O)[nH]1. The van der Waals surface area contributed by atoms with E-state index in [1.807, 2.05) is 30.5 Å². The molecule has 1 aromatic heterocycles. The van der Waals surface area contributed by atoms with Crippen molar-refractivity contribution in [3.8, 4) is 17.3 Å². The average molecular weight is 298 g/mol. The predicted molar refractivity (Wildman–Crippen MR) is 82.2 cm³/mol. The molecule has 21 heavy (non-hydrogen) atoms. The maximum atomic E-state index is 12.0. The van der Waals surface area contributed by atoms with E-state index in [0.29, 0.717) is 10.9 Å². The molecule has 0 radical (unpaired) electrons. The second-order valence-electron chi connectivity index (χ2n) is 4.82. The molecule has 0 saturated heterocycles. The van der Waals surface area contributed by atoms with Crippen LogP contribution < -0.4 is 10.9 Å². The zero-order valence-electron chi connectivity index (χ0n) is 11.6. The predicted octanol–water partition coefficient (Wildman–Crippen LogP) is 1.68. The Morgan fingerprint density at radius 3 is 3.00 bits per heavy atom. The van der Waals surface area contributed by atoms with Gasteiger partial charge in [-0.2, -0.15) is 5.26 Å². The number of benzene rings is 1. The first-order valence-electron chi connectivity index (χ1n) is 6.64. The molecule has 0 fully saturated rings. The first kappa shape index (κ1) is 13.9. The number of thioether (sulfide) groups is 1. The number of H-pyrrole nitrogens is 1. The van der Waals surface area contributed by atoms with E-state index in [9.17, 15) is 10.1 Å². The summed E-state index contributed by atoms with van der Waals surface area (Å²) in [6.07, 6.45) is 2.79. The average Bonchev–Trinajstić information content (AvgIpc) is 2.53. The van der Waals surface area contributed by atoms with Gasteiger partial charge in [-0.1, -0.05) is 23.9 Å². The molecule has 1 aliphatic rings. The zero-order chi connectivity index (χ0) is 14.8. The number of aromatic nitrogens is 2. The molecule has 0 bridgehead atoms. The lowest BCUT2D eigenvalue weighted by atomic mass is 9.96. The van der Waals surface area contributed by atoms with Crippen LogP contribution in [0.4, 0.5) is 0 Å². The fraction of sp³-hybridized carbons (Fsp3) is 0.267. The molecule has 5 nitrogen and oxygen atoms in total. The third-order valence-corrected chi connectivity index (χ3v) is 4.15. The molecule has 106 valence electrons. The van der Waals surface area contributed by atoms with Crippen molar-refractivity contribution >= 4 is 11.8 Å². The van der Waals surface area contributed by atoms with Crippen LogP contribution in [0.2, 0.25) is 0 Å². The molecule has 2 N–H and O–H groups in total. The smallest absolute Gasteiger partial charge is 0.270 e. The Balaban J connectivity index is 2.18. The van der Waals surface area contributed by atoms with Gasteiger partial charge in [-0.3, -0.25) is 4.79 Å². The summed E-state index contributed by atoms with van der Waals surface area (Å²) in [5.41, 5.74) is 3.50. The van der Waals surface area contributed by atoms with E-state index in [1.165, 1.54) is 22.9 Å². The van der Waals surface area contributed by atoms with Crippen LogP contribution in [0.3, 0.4) is 0 Å². The topological polar surface area (TPSA) is 81.6 Å². The van der Waals surface area contributed by atoms with Gasteiger partial charge in [0, 0.05) is 12.1 Å². The van der Waals surface area contributed by atoms with Crippen molar-refractivity contribution in [1.82, 2.24) is 15.3 Å². The maximum absolute atomic E-state index is 12.0. The molecule has 0 saturated carbocycles. The second kappa shape index (κ2) is 5.72. The molecular weight excluding hydrogens is 284 g/mol. The Morgan fingerprint density at radius 2 is 2.24 bits per heavy atom. The van der Waals surface area contributed by atoms with E-state index in [1.54, 1.807) is 0 Å². The van der Waals surface area contributed by atoms with Crippen molar-refractivity contribution in [2.45, 2.75) is 18.1 Å². The van der Waals surface area contributed by atoms with Crippen LogP contribution >= 0.6 is 11.8 Å².